The molecule has 1 heterocycles. The summed E-state index contributed by atoms with van der Waals surface area (Å²) >= 11 is 0. The van der Waals surface area contributed by atoms with E-state index in [0.29, 0.717) is 12.5 Å². The van der Waals surface area contributed by atoms with Crippen LogP contribution in [0.5, 0.6) is 5.75 Å². The third-order valence-corrected chi connectivity index (χ3v) is 4.37. The van der Waals surface area contributed by atoms with E-state index in [2.05, 4.69) is 30.9 Å². The molecular weight excluding hydrogens is 373 g/mol. The average Bonchev–Trinajstić information content (AvgIpc) is 2.56. The Kier molecular flexibility index (Phi) is 11.9. The number of ether oxygens (including phenoxy) is 1. The van der Waals surface area contributed by atoms with Gasteiger partial charge in [-0.1, -0.05) is 26.0 Å². The molecule has 1 aliphatic heterocycles. The first-order chi connectivity index (χ1) is 11.5. The largest absolute Gasteiger partial charge is 0.494 e. The normalized spacial score (nSPS) is 15.8. The summed E-state index contributed by atoms with van der Waals surface area (Å²) < 4.78 is 5.47. The predicted octanol–water partition coefficient (Wildman–Crippen LogP) is 2.95. The monoisotopic (exact) mass is 405 g/mol. The number of piperazine rings is 1. The minimum Gasteiger partial charge on any atom is -0.494 e. The fourth-order valence-corrected chi connectivity index (χ4v) is 3.09. The van der Waals surface area contributed by atoms with Crippen molar-refractivity contribution in [2.24, 2.45) is 11.7 Å². The van der Waals surface area contributed by atoms with Crippen LogP contribution in [-0.4, -0.2) is 54.5 Å². The Labute approximate surface area is 170 Å². The second-order valence-corrected chi connectivity index (χ2v) is 6.91. The second kappa shape index (κ2) is 12.4. The van der Waals surface area contributed by atoms with Crippen LogP contribution in [0.4, 0.5) is 0 Å². The van der Waals surface area contributed by atoms with Gasteiger partial charge in [0.15, 0.2) is 0 Å². The molecule has 7 heteroatoms. The lowest BCUT2D eigenvalue weighted by atomic mass is 10.0. The van der Waals surface area contributed by atoms with Crippen molar-refractivity contribution in [3.63, 3.8) is 0 Å². The summed E-state index contributed by atoms with van der Waals surface area (Å²) in [5.41, 5.74) is 7.30. The lowest BCUT2D eigenvalue weighted by Crippen LogP contribution is -2.53. The van der Waals surface area contributed by atoms with E-state index < -0.39 is 0 Å². The van der Waals surface area contributed by atoms with Crippen LogP contribution >= 0.6 is 24.8 Å². The van der Waals surface area contributed by atoms with E-state index in [1.165, 1.54) is 5.56 Å². The fraction of sp³-hybridized carbons (Fsp3) is 0.632. The Bertz CT molecular complexity index is 518. The number of hydrogen-bond donors (Lipinski definition) is 1. The zero-order chi connectivity index (χ0) is 17.5. The van der Waals surface area contributed by atoms with Crippen LogP contribution in [0.1, 0.15) is 32.8 Å². The third-order valence-electron chi connectivity index (χ3n) is 4.37. The zero-order valence-corrected chi connectivity index (χ0v) is 17.7. The predicted molar refractivity (Wildman–Crippen MR) is 111 cm³/mol. The maximum absolute atomic E-state index is 12.4. The van der Waals surface area contributed by atoms with Crippen LogP contribution in [0.3, 0.4) is 0 Å². The van der Waals surface area contributed by atoms with E-state index in [0.717, 1.165) is 44.9 Å². The number of carbonyl (C=O) groups is 1. The smallest absolute Gasteiger partial charge is 0.239 e. The summed E-state index contributed by atoms with van der Waals surface area (Å²) in [5.74, 6) is 1.46. The molecule has 1 fully saturated rings. The molecule has 5 nitrogen and oxygen atoms in total. The molecule has 1 saturated heterocycles. The Morgan fingerprint density at radius 1 is 1.12 bits per heavy atom. The molecule has 1 aliphatic rings. The standard InChI is InChI=1S/C19H31N3O2.2ClH/c1-4-24-17-7-5-16(6-8-17)14-21-9-11-22(12-10-21)19(23)18(20)13-15(2)3;;/h5-8,15,18H,4,9-14,20H2,1-3H3;2*1H/t18-;;/m0../s1. The molecule has 2 N–H and O–H groups in total. The highest BCUT2D eigenvalue weighted by Gasteiger charge is 2.25. The molecule has 0 aliphatic carbocycles. The maximum atomic E-state index is 12.4. The number of halogens is 2. The van der Waals surface area contributed by atoms with Crippen molar-refractivity contribution in [1.29, 1.82) is 0 Å². The SMILES string of the molecule is CCOc1ccc(CN2CCN(C(=O)[C@@H](N)CC(C)C)CC2)cc1.Cl.Cl. The molecule has 2 rings (SSSR count). The summed E-state index contributed by atoms with van der Waals surface area (Å²) in [5, 5.41) is 0. The van der Waals surface area contributed by atoms with Gasteiger partial charge in [0.05, 0.1) is 12.6 Å². The van der Waals surface area contributed by atoms with Crippen LogP contribution in [0.2, 0.25) is 0 Å². The number of nitrogens with zero attached hydrogens (tertiary/aromatic N) is 2. The molecule has 1 aromatic carbocycles. The minimum absolute atomic E-state index is 0. The number of amides is 1. The van der Waals surface area contributed by atoms with Crippen molar-refractivity contribution in [2.45, 2.75) is 39.8 Å². The van der Waals surface area contributed by atoms with E-state index in [1.807, 2.05) is 24.0 Å². The van der Waals surface area contributed by atoms with Gasteiger partial charge in [-0.15, -0.1) is 24.8 Å². The van der Waals surface area contributed by atoms with Crippen molar-refractivity contribution in [1.82, 2.24) is 9.80 Å². The highest BCUT2D eigenvalue weighted by atomic mass is 35.5. The van der Waals surface area contributed by atoms with Crippen molar-refractivity contribution < 1.29 is 9.53 Å². The first-order valence-corrected chi connectivity index (χ1v) is 8.98. The minimum atomic E-state index is -0.359. The highest BCUT2D eigenvalue weighted by molar-refractivity contribution is 5.85. The number of rotatable bonds is 7. The van der Waals surface area contributed by atoms with Gasteiger partial charge in [-0.25, -0.2) is 0 Å². The van der Waals surface area contributed by atoms with Crippen LogP contribution in [0.25, 0.3) is 0 Å². The summed E-state index contributed by atoms with van der Waals surface area (Å²) in [6.07, 6.45) is 0.755. The van der Waals surface area contributed by atoms with Gasteiger partial charge in [-0.05, 0) is 37.0 Å². The number of nitrogens with two attached hydrogens (primary N) is 1. The van der Waals surface area contributed by atoms with Crippen LogP contribution in [0, 0.1) is 5.92 Å². The fourth-order valence-electron chi connectivity index (χ4n) is 3.09. The average molecular weight is 406 g/mol. The van der Waals surface area contributed by atoms with Gasteiger partial charge in [-0.2, -0.15) is 0 Å². The van der Waals surface area contributed by atoms with Gasteiger partial charge >= 0.3 is 0 Å². The molecule has 1 aromatic rings. The Hall–Kier alpha value is -1.01. The molecule has 1 atom stereocenters. The molecule has 150 valence electrons. The summed E-state index contributed by atoms with van der Waals surface area (Å²) in [7, 11) is 0. The van der Waals surface area contributed by atoms with Gasteiger partial charge in [0.25, 0.3) is 0 Å². The molecular formula is C19H33Cl2N3O2. The summed E-state index contributed by atoms with van der Waals surface area (Å²) in [6.45, 7) is 11.1. The van der Waals surface area contributed by atoms with Crippen molar-refractivity contribution in [3.8, 4) is 5.75 Å². The Balaban J connectivity index is 0.00000312. The van der Waals surface area contributed by atoms with Crippen LogP contribution in [-0.2, 0) is 11.3 Å². The molecule has 0 bridgehead atoms. The summed E-state index contributed by atoms with van der Waals surface area (Å²) in [6, 6.07) is 7.90. The van der Waals surface area contributed by atoms with Gasteiger partial charge in [-0.3, -0.25) is 9.69 Å². The van der Waals surface area contributed by atoms with E-state index in [1.54, 1.807) is 0 Å². The molecule has 0 spiro atoms. The van der Waals surface area contributed by atoms with E-state index >= 15 is 0 Å². The Morgan fingerprint density at radius 2 is 1.69 bits per heavy atom. The van der Waals surface area contributed by atoms with Gasteiger partial charge in [0.1, 0.15) is 5.75 Å². The van der Waals surface area contributed by atoms with Crippen molar-refractivity contribution in [2.75, 3.05) is 32.8 Å². The lowest BCUT2D eigenvalue weighted by Gasteiger charge is -2.36. The zero-order valence-electron chi connectivity index (χ0n) is 16.0. The van der Waals surface area contributed by atoms with Crippen molar-refractivity contribution >= 4 is 30.7 Å². The lowest BCUT2D eigenvalue weighted by molar-refractivity contribution is -0.134. The quantitative estimate of drug-likeness (QED) is 0.757. The van der Waals surface area contributed by atoms with Gasteiger partial charge < -0.3 is 15.4 Å². The van der Waals surface area contributed by atoms with Crippen LogP contribution < -0.4 is 10.5 Å². The molecule has 0 aromatic heterocycles. The summed E-state index contributed by atoms with van der Waals surface area (Å²) in [4.78, 5) is 16.7. The Morgan fingerprint density at radius 3 is 2.19 bits per heavy atom. The number of benzene rings is 1. The van der Waals surface area contributed by atoms with E-state index in [4.69, 9.17) is 10.5 Å². The van der Waals surface area contributed by atoms with Crippen LogP contribution in [0.15, 0.2) is 24.3 Å². The van der Waals surface area contributed by atoms with Gasteiger partial charge in [0, 0.05) is 32.7 Å². The molecule has 1 amide bonds. The maximum Gasteiger partial charge on any atom is 0.239 e. The molecule has 0 unspecified atom stereocenters. The first kappa shape index (κ1) is 25.0. The molecule has 26 heavy (non-hydrogen) atoms. The third kappa shape index (κ3) is 7.70. The second-order valence-electron chi connectivity index (χ2n) is 6.91. The first-order valence-electron chi connectivity index (χ1n) is 8.98. The van der Waals surface area contributed by atoms with E-state index in [-0.39, 0.29) is 36.8 Å². The van der Waals surface area contributed by atoms with E-state index in [9.17, 15) is 4.79 Å². The van der Waals surface area contributed by atoms with Crippen molar-refractivity contribution in [3.05, 3.63) is 29.8 Å². The molecule has 0 radical (unpaired) electrons. The highest BCUT2D eigenvalue weighted by Crippen LogP contribution is 2.15. The number of carbonyl (C=O) groups excluding carboxylic acids is 1. The van der Waals surface area contributed by atoms with Gasteiger partial charge in [0.2, 0.25) is 5.91 Å². The topological polar surface area (TPSA) is 58.8 Å². The number of hydrogen-bond acceptors (Lipinski definition) is 4. The molecule has 0 saturated carbocycles.